The molecule has 2 fully saturated rings. The maximum atomic E-state index is 10.6. The molecule has 1 aromatic heterocycles. The first kappa shape index (κ1) is 16.0. The van der Waals surface area contributed by atoms with Crippen LogP contribution in [-0.4, -0.2) is 39.2 Å². The molecule has 0 radical (unpaired) electrons. The van der Waals surface area contributed by atoms with Crippen LogP contribution in [0.2, 0.25) is 0 Å². The Morgan fingerprint density at radius 2 is 1.95 bits per heavy atom. The van der Waals surface area contributed by atoms with Crippen LogP contribution in [0.4, 0.5) is 0 Å². The molecule has 1 aliphatic heterocycles. The van der Waals surface area contributed by atoms with Gasteiger partial charge in [-0.05, 0) is 50.1 Å². The van der Waals surface area contributed by atoms with Crippen molar-refractivity contribution in [2.45, 2.75) is 51.6 Å². The zero-order valence-corrected chi connectivity index (χ0v) is 14.1. The van der Waals surface area contributed by atoms with Crippen LogP contribution < -0.4 is 0 Å². The van der Waals surface area contributed by atoms with Crippen molar-refractivity contribution in [3.8, 4) is 0 Å². The number of aliphatic hydroxyl groups is 1. The van der Waals surface area contributed by atoms with Crippen LogP contribution in [0.3, 0.4) is 0 Å². The Labute approximate surface area is 134 Å². The summed E-state index contributed by atoms with van der Waals surface area (Å²) in [5.74, 6) is 2.97. The van der Waals surface area contributed by atoms with Crippen molar-refractivity contribution in [1.82, 2.24) is 14.5 Å². The molecule has 0 amide bonds. The normalized spacial score (nSPS) is 29.6. The SMILES string of the molecule is C[C@@H]1CCCC[C@@H]1CN1CCC([C@@H](O)c2nccn2C)CC1. The highest BCUT2D eigenvalue weighted by molar-refractivity contribution is 4.98. The molecule has 1 saturated heterocycles. The molecule has 0 unspecified atom stereocenters. The highest BCUT2D eigenvalue weighted by Crippen LogP contribution is 2.33. The average Bonchev–Trinajstić information content (AvgIpc) is 2.96. The van der Waals surface area contributed by atoms with Gasteiger partial charge in [-0.15, -0.1) is 0 Å². The Morgan fingerprint density at radius 3 is 2.59 bits per heavy atom. The number of rotatable bonds is 4. The molecule has 4 nitrogen and oxygen atoms in total. The van der Waals surface area contributed by atoms with E-state index in [0.29, 0.717) is 5.92 Å². The van der Waals surface area contributed by atoms with Crippen molar-refractivity contribution < 1.29 is 5.11 Å². The maximum Gasteiger partial charge on any atom is 0.137 e. The number of aliphatic hydroxyl groups excluding tert-OH is 1. The third kappa shape index (κ3) is 3.54. The first-order valence-electron chi connectivity index (χ1n) is 9.02. The second-order valence-electron chi connectivity index (χ2n) is 7.50. The van der Waals surface area contributed by atoms with E-state index >= 15 is 0 Å². The first-order chi connectivity index (χ1) is 10.6. The van der Waals surface area contributed by atoms with Gasteiger partial charge < -0.3 is 14.6 Å². The minimum Gasteiger partial charge on any atom is -0.385 e. The van der Waals surface area contributed by atoms with E-state index in [4.69, 9.17) is 0 Å². The minimum absolute atomic E-state index is 0.362. The van der Waals surface area contributed by atoms with Gasteiger partial charge >= 0.3 is 0 Å². The zero-order valence-electron chi connectivity index (χ0n) is 14.1. The summed E-state index contributed by atoms with van der Waals surface area (Å²) in [5, 5.41) is 10.6. The lowest BCUT2D eigenvalue weighted by Crippen LogP contribution is -2.40. The molecular weight excluding hydrogens is 274 g/mol. The van der Waals surface area contributed by atoms with Gasteiger partial charge in [0.1, 0.15) is 11.9 Å². The molecule has 2 heterocycles. The van der Waals surface area contributed by atoms with Crippen LogP contribution in [-0.2, 0) is 7.05 Å². The molecular formula is C18H31N3O. The molecule has 0 aromatic carbocycles. The molecule has 0 spiro atoms. The Morgan fingerprint density at radius 1 is 1.23 bits per heavy atom. The van der Waals surface area contributed by atoms with Crippen molar-refractivity contribution in [3.05, 3.63) is 18.2 Å². The fourth-order valence-corrected chi connectivity index (χ4v) is 4.32. The number of nitrogens with zero attached hydrogens (tertiary/aromatic N) is 3. The predicted molar refractivity (Wildman–Crippen MR) is 88.5 cm³/mol. The zero-order chi connectivity index (χ0) is 15.5. The van der Waals surface area contributed by atoms with Crippen LogP contribution in [0.5, 0.6) is 0 Å². The molecule has 4 heteroatoms. The summed E-state index contributed by atoms with van der Waals surface area (Å²) in [6, 6.07) is 0. The summed E-state index contributed by atoms with van der Waals surface area (Å²) in [5.41, 5.74) is 0. The summed E-state index contributed by atoms with van der Waals surface area (Å²) < 4.78 is 1.95. The fraction of sp³-hybridized carbons (Fsp3) is 0.833. The number of aromatic nitrogens is 2. The van der Waals surface area contributed by atoms with Crippen molar-refractivity contribution in [1.29, 1.82) is 0 Å². The van der Waals surface area contributed by atoms with Crippen LogP contribution in [0, 0.1) is 17.8 Å². The van der Waals surface area contributed by atoms with E-state index in [9.17, 15) is 5.11 Å². The topological polar surface area (TPSA) is 41.3 Å². The lowest BCUT2D eigenvalue weighted by molar-refractivity contribution is 0.0415. The Hall–Kier alpha value is -0.870. The van der Waals surface area contributed by atoms with Gasteiger partial charge in [-0.1, -0.05) is 26.2 Å². The van der Waals surface area contributed by atoms with Crippen LogP contribution in [0.1, 0.15) is 57.4 Å². The molecule has 1 N–H and O–H groups in total. The van der Waals surface area contributed by atoms with E-state index < -0.39 is 6.10 Å². The maximum absolute atomic E-state index is 10.6. The molecule has 1 aromatic rings. The van der Waals surface area contributed by atoms with E-state index in [1.807, 2.05) is 17.8 Å². The summed E-state index contributed by atoms with van der Waals surface area (Å²) >= 11 is 0. The molecule has 22 heavy (non-hydrogen) atoms. The lowest BCUT2D eigenvalue weighted by Gasteiger charge is -2.38. The van der Waals surface area contributed by atoms with Crippen LogP contribution >= 0.6 is 0 Å². The van der Waals surface area contributed by atoms with Gasteiger partial charge in [-0.25, -0.2) is 4.98 Å². The lowest BCUT2D eigenvalue weighted by atomic mass is 9.79. The van der Waals surface area contributed by atoms with Crippen molar-refractivity contribution >= 4 is 0 Å². The number of hydrogen-bond acceptors (Lipinski definition) is 3. The number of aryl methyl sites for hydroxylation is 1. The first-order valence-corrected chi connectivity index (χ1v) is 9.02. The van der Waals surface area contributed by atoms with Gasteiger partial charge in [-0.2, -0.15) is 0 Å². The van der Waals surface area contributed by atoms with Gasteiger partial charge in [0.25, 0.3) is 0 Å². The van der Waals surface area contributed by atoms with Gasteiger partial charge in [-0.3, -0.25) is 0 Å². The molecule has 2 aliphatic rings. The highest BCUT2D eigenvalue weighted by atomic mass is 16.3. The largest absolute Gasteiger partial charge is 0.385 e. The summed E-state index contributed by atoms with van der Waals surface area (Å²) in [4.78, 5) is 6.95. The number of piperidine rings is 1. The fourth-order valence-electron chi connectivity index (χ4n) is 4.32. The molecule has 124 valence electrons. The summed E-state index contributed by atoms with van der Waals surface area (Å²) in [7, 11) is 1.96. The van der Waals surface area contributed by atoms with E-state index in [1.54, 1.807) is 6.20 Å². The number of imidazole rings is 1. The van der Waals surface area contributed by atoms with Crippen molar-refractivity contribution in [3.63, 3.8) is 0 Å². The van der Waals surface area contributed by atoms with Crippen molar-refractivity contribution in [2.24, 2.45) is 24.8 Å². The van der Waals surface area contributed by atoms with Crippen LogP contribution in [0.25, 0.3) is 0 Å². The molecule has 3 rings (SSSR count). The van der Waals surface area contributed by atoms with E-state index in [0.717, 1.165) is 43.6 Å². The summed E-state index contributed by atoms with van der Waals surface area (Å²) in [6.07, 6.45) is 11.1. The van der Waals surface area contributed by atoms with Gasteiger partial charge in [0.05, 0.1) is 0 Å². The number of likely N-dealkylation sites (tertiary alicyclic amines) is 1. The number of hydrogen-bond donors (Lipinski definition) is 1. The van der Waals surface area contributed by atoms with E-state index in [2.05, 4.69) is 16.8 Å². The average molecular weight is 305 g/mol. The smallest absolute Gasteiger partial charge is 0.137 e. The molecule has 0 bridgehead atoms. The molecule has 1 aliphatic carbocycles. The van der Waals surface area contributed by atoms with Gasteiger partial charge in [0.15, 0.2) is 0 Å². The third-order valence-corrected chi connectivity index (χ3v) is 5.98. The van der Waals surface area contributed by atoms with Gasteiger partial charge in [0.2, 0.25) is 0 Å². The molecule has 3 atom stereocenters. The second kappa shape index (κ2) is 7.14. The molecule has 1 saturated carbocycles. The third-order valence-electron chi connectivity index (χ3n) is 5.98. The predicted octanol–water partition coefficient (Wildman–Crippen LogP) is 2.99. The Bertz CT molecular complexity index is 465. The van der Waals surface area contributed by atoms with Crippen LogP contribution in [0.15, 0.2) is 12.4 Å². The Kier molecular flexibility index (Phi) is 5.19. The quantitative estimate of drug-likeness (QED) is 0.930. The van der Waals surface area contributed by atoms with Crippen molar-refractivity contribution in [2.75, 3.05) is 19.6 Å². The highest BCUT2D eigenvalue weighted by Gasteiger charge is 2.30. The van der Waals surface area contributed by atoms with Gasteiger partial charge in [0, 0.05) is 26.0 Å². The second-order valence-corrected chi connectivity index (χ2v) is 7.50. The monoisotopic (exact) mass is 305 g/mol. The van der Waals surface area contributed by atoms with E-state index in [-0.39, 0.29) is 0 Å². The van der Waals surface area contributed by atoms with E-state index in [1.165, 1.54) is 32.2 Å². The Balaban J connectivity index is 1.49. The standard InChI is InChI=1S/C18H31N3O/c1-14-5-3-4-6-16(14)13-21-10-7-15(8-11-21)17(22)18-19-9-12-20(18)2/h9,12,14-17,22H,3-8,10-11,13H2,1-2H3/t14-,16-,17-/m1/s1. The minimum atomic E-state index is -0.407. The summed E-state index contributed by atoms with van der Waals surface area (Å²) in [6.45, 7) is 5.97.